The van der Waals surface area contributed by atoms with Crippen LogP contribution in [-0.2, 0) is 4.79 Å². The lowest BCUT2D eigenvalue weighted by Gasteiger charge is -2.44. The van der Waals surface area contributed by atoms with Crippen molar-refractivity contribution in [2.24, 2.45) is 11.3 Å². The second-order valence-corrected chi connectivity index (χ2v) is 11.2. The number of anilines is 1. The monoisotopic (exact) mass is 520 g/mol. The largest absolute Gasteiger partial charge is 0.495 e. The molecule has 4 rings (SSSR count). The van der Waals surface area contributed by atoms with E-state index in [1.165, 1.54) is 24.7 Å². The summed E-state index contributed by atoms with van der Waals surface area (Å²) in [5, 5.41) is 3.42. The highest BCUT2D eigenvalue weighted by molar-refractivity contribution is 6.31. The molecule has 1 heterocycles. The summed E-state index contributed by atoms with van der Waals surface area (Å²) in [6, 6.07) is 13.2. The van der Waals surface area contributed by atoms with Crippen molar-refractivity contribution in [2.75, 3.05) is 12.4 Å². The van der Waals surface area contributed by atoms with Crippen LogP contribution in [0.2, 0.25) is 5.02 Å². The van der Waals surface area contributed by atoms with Crippen molar-refractivity contribution in [3.63, 3.8) is 0 Å². The van der Waals surface area contributed by atoms with Gasteiger partial charge in [-0.25, -0.2) is 0 Å². The minimum Gasteiger partial charge on any atom is -0.495 e. The van der Waals surface area contributed by atoms with Crippen molar-refractivity contribution in [1.82, 2.24) is 4.57 Å². The number of nitrogens with one attached hydrogen (secondary N) is 1. The molecule has 2 aromatic carbocycles. The molecule has 0 aliphatic heterocycles. The molecule has 1 aliphatic rings. The molecule has 1 saturated carbocycles. The van der Waals surface area contributed by atoms with Gasteiger partial charge in [-0.15, -0.1) is 0 Å². The number of amides is 1. The average Bonchev–Trinajstić information content (AvgIpc) is 2.82. The van der Waals surface area contributed by atoms with Crippen LogP contribution >= 0.6 is 11.6 Å². The van der Waals surface area contributed by atoms with Crippen LogP contribution in [-0.4, -0.2) is 23.4 Å². The summed E-state index contributed by atoms with van der Waals surface area (Å²) in [5.41, 5.74) is 3.06. The second-order valence-electron chi connectivity index (χ2n) is 10.8. The van der Waals surface area contributed by atoms with Crippen molar-refractivity contribution in [3.8, 4) is 16.9 Å². The molecular weight excluding hydrogens is 488 g/mol. The van der Waals surface area contributed by atoms with Crippen LogP contribution in [0.5, 0.6) is 5.75 Å². The number of halogens is 1. The maximum Gasteiger partial charge on any atom is 0.252 e. The van der Waals surface area contributed by atoms with Crippen LogP contribution in [0.25, 0.3) is 11.1 Å². The summed E-state index contributed by atoms with van der Waals surface area (Å²) in [7, 11) is 1.50. The summed E-state index contributed by atoms with van der Waals surface area (Å²) in [6.45, 7) is 7.88. The normalized spacial score (nSPS) is 15.5. The molecule has 0 radical (unpaired) electrons. The van der Waals surface area contributed by atoms with Gasteiger partial charge in [0.05, 0.1) is 13.3 Å². The number of carbonyl (C=O) groups is 2. The summed E-state index contributed by atoms with van der Waals surface area (Å²) >= 11 is 6.23. The van der Waals surface area contributed by atoms with Crippen molar-refractivity contribution in [1.29, 1.82) is 0 Å². The fraction of sp³-hybridized carbons (Fsp3) is 0.367. The fourth-order valence-electron chi connectivity index (χ4n) is 5.39. The van der Waals surface area contributed by atoms with Crippen LogP contribution in [0.1, 0.15) is 62.0 Å². The van der Waals surface area contributed by atoms with Gasteiger partial charge >= 0.3 is 0 Å². The third kappa shape index (κ3) is 5.96. The Balaban J connectivity index is 1.76. The number of aromatic nitrogens is 1. The van der Waals surface area contributed by atoms with Gasteiger partial charge in [0.1, 0.15) is 11.8 Å². The van der Waals surface area contributed by atoms with Gasteiger partial charge in [-0.1, -0.05) is 43.1 Å². The number of nitrogens with zero attached hydrogens (tertiary/aromatic N) is 1. The lowest BCUT2D eigenvalue weighted by Crippen LogP contribution is -2.39. The number of Topliss-reactive ketones (excluding diaryl/α,β-unsaturated/α-hetero) is 1. The highest BCUT2D eigenvalue weighted by Gasteiger charge is 2.39. The smallest absolute Gasteiger partial charge is 0.252 e. The summed E-state index contributed by atoms with van der Waals surface area (Å²) < 4.78 is 7.12. The van der Waals surface area contributed by atoms with E-state index >= 15 is 0 Å². The maximum atomic E-state index is 13.6. The molecule has 0 saturated heterocycles. The SMILES string of the molecule is COc1cn(C(CC2CC(C)(C)C2)C(=O)Nc2ccc(C)cc2)c(=O)cc1-c1cc(Cl)ccc1C(C)=O. The van der Waals surface area contributed by atoms with Gasteiger partial charge in [-0.3, -0.25) is 19.0 Å². The second kappa shape index (κ2) is 10.5. The Kier molecular flexibility index (Phi) is 7.60. The number of rotatable bonds is 8. The molecule has 1 unspecified atom stereocenters. The number of pyridine rings is 1. The van der Waals surface area contributed by atoms with E-state index < -0.39 is 6.04 Å². The minimum atomic E-state index is -0.718. The lowest BCUT2D eigenvalue weighted by atomic mass is 9.63. The van der Waals surface area contributed by atoms with Crippen LogP contribution < -0.4 is 15.6 Å². The molecule has 1 atom stereocenters. The zero-order valence-corrected chi connectivity index (χ0v) is 22.7. The van der Waals surface area contributed by atoms with Crippen LogP contribution in [0.3, 0.4) is 0 Å². The lowest BCUT2D eigenvalue weighted by molar-refractivity contribution is -0.120. The van der Waals surface area contributed by atoms with E-state index in [4.69, 9.17) is 16.3 Å². The van der Waals surface area contributed by atoms with Gasteiger partial charge in [0.15, 0.2) is 5.78 Å². The first-order chi connectivity index (χ1) is 17.5. The predicted octanol–water partition coefficient (Wildman–Crippen LogP) is 6.69. The molecule has 3 aromatic rings. The molecular formula is C30H33ClN2O4. The van der Waals surface area contributed by atoms with Gasteiger partial charge in [0.2, 0.25) is 5.91 Å². The Labute approximate surface area is 222 Å². The minimum absolute atomic E-state index is 0.152. The molecule has 0 spiro atoms. The zero-order valence-electron chi connectivity index (χ0n) is 21.9. The zero-order chi connectivity index (χ0) is 26.9. The van der Waals surface area contributed by atoms with Crippen molar-refractivity contribution < 1.29 is 14.3 Å². The third-order valence-electron chi connectivity index (χ3n) is 7.11. The van der Waals surface area contributed by atoms with Gasteiger partial charge < -0.3 is 10.1 Å². The van der Waals surface area contributed by atoms with Crippen LogP contribution in [0.15, 0.2) is 59.5 Å². The topological polar surface area (TPSA) is 77.4 Å². The average molecular weight is 521 g/mol. The summed E-state index contributed by atoms with van der Waals surface area (Å²) in [6.07, 6.45) is 4.11. The first-order valence-electron chi connectivity index (χ1n) is 12.5. The standard InChI is InChI=1S/C30H33ClN2O4/c1-18-6-9-22(10-7-18)32-29(36)26(12-20-15-30(3,4)16-20)33-17-27(37-5)25(14-28(33)35)24-13-21(31)8-11-23(24)19(2)34/h6-11,13-14,17,20,26H,12,15-16H2,1-5H3,(H,32,36). The Bertz CT molecular complexity index is 1380. The maximum absolute atomic E-state index is 13.6. The summed E-state index contributed by atoms with van der Waals surface area (Å²) in [4.78, 5) is 39.4. The number of aryl methyl sites for hydroxylation is 1. The van der Waals surface area contributed by atoms with E-state index in [-0.39, 0.29) is 22.7 Å². The molecule has 1 aliphatic carbocycles. The van der Waals surface area contributed by atoms with Gasteiger partial charge in [-0.2, -0.15) is 0 Å². The highest BCUT2D eigenvalue weighted by atomic mass is 35.5. The van der Waals surface area contributed by atoms with E-state index in [1.807, 2.05) is 31.2 Å². The van der Waals surface area contributed by atoms with Gasteiger partial charge in [0.25, 0.3) is 5.56 Å². The Morgan fingerprint density at radius 1 is 1.11 bits per heavy atom. The van der Waals surface area contributed by atoms with Crippen molar-refractivity contribution in [3.05, 3.63) is 81.2 Å². The van der Waals surface area contributed by atoms with Gasteiger partial charge in [-0.05, 0) is 80.3 Å². The quantitative estimate of drug-likeness (QED) is 0.335. The van der Waals surface area contributed by atoms with E-state index in [0.29, 0.717) is 45.5 Å². The fourth-order valence-corrected chi connectivity index (χ4v) is 5.56. The van der Waals surface area contributed by atoms with Crippen LogP contribution in [0, 0.1) is 18.3 Å². The molecule has 1 aromatic heterocycles. The number of ketones is 1. The number of methoxy groups -OCH3 is 1. The molecule has 1 fully saturated rings. The first-order valence-corrected chi connectivity index (χ1v) is 12.8. The van der Waals surface area contributed by atoms with Crippen molar-refractivity contribution >= 4 is 29.0 Å². The molecule has 7 heteroatoms. The Hall–Kier alpha value is -3.38. The molecule has 0 bridgehead atoms. The first kappa shape index (κ1) is 26.7. The number of ether oxygens (including phenoxy) is 1. The number of carbonyl (C=O) groups excluding carboxylic acids is 2. The summed E-state index contributed by atoms with van der Waals surface area (Å²) in [5.74, 6) is 0.309. The molecule has 6 nitrogen and oxygen atoms in total. The van der Waals surface area contributed by atoms with E-state index in [0.717, 1.165) is 18.4 Å². The van der Waals surface area contributed by atoms with Crippen LogP contribution in [0.4, 0.5) is 5.69 Å². The number of benzene rings is 2. The number of hydrogen-bond acceptors (Lipinski definition) is 4. The predicted molar refractivity (Wildman–Crippen MR) is 148 cm³/mol. The Morgan fingerprint density at radius 2 is 1.78 bits per heavy atom. The number of hydrogen-bond donors (Lipinski definition) is 1. The highest BCUT2D eigenvalue weighted by Crippen LogP contribution is 2.48. The molecule has 37 heavy (non-hydrogen) atoms. The molecule has 1 N–H and O–H groups in total. The van der Waals surface area contributed by atoms with E-state index in [2.05, 4.69) is 19.2 Å². The van der Waals surface area contributed by atoms with Gasteiger partial charge in [0, 0.05) is 27.9 Å². The van der Waals surface area contributed by atoms with E-state index in [1.54, 1.807) is 24.4 Å². The molecule has 1 amide bonds. The third-order valence-corrected chi connectivity index (χ3v) is 7.35. The molecule has 194 valence electrons. The Morgan fingerprint density at radius 3 is 2.38 bits per heavy atom. The van der Waals surface area contributed by atoms with E-state index in [9.17, 15) is 14.4 Å². The van der Waals surface area contributed by atoms with Crippen molar-refractivity contribution in [2.45, 2.75) is 53.0 Å².